The molecule has 8 nitrogen and oxygen atoms in total. The largest absolute Gasteiger partial charge is 0.483 e. The highest BCUT2D eigenvalue weighted by Gasteiger charge is 2.32. The molecule has 0 saturated carbocycles. The van der Waals surface area contributed by atoms with E-state index < -0.39 is 11.7 Å². The molecule has 2 aromatic carbocycles. The Morgan fingerprint density at radius 3 is 1.69 bits per heavy atom. The maximum absolute atomic E-state index is 11.8. The van der Waals surface area contributed by atoms with Gasteiger partial charge in [0.15, 0.2) is 0 Å². The summed E-state index contributed by atoms with van der Waals surface area (Å²) in [6.45, 7) is 16.0. The smallest absolute Gasteiger partial charge is 0.405 e. The van der Waals surface area contributed by atoms with E-state index in [0.29, 0.717) is 18.4 Å². The van der Waals surface area contributed by atoms with Gasteiger partial charge < -0.3 is 25.2 Å². The highest BCUT2D eigenvalue weighted by atomic mass is 16.6. The normalized spacial score (nSPS) is 15.5. The number of carbonyl (C=O) groups excluding carboxylic acids is 2. The average molecular weight is 547 g/mol. The van der Waals surface area contributed by atoms with Crippen molar-refractivity contribution in [1.29, 1.82) is 0 Å². The van der Waals surface area contributed by atoms with E-state index in [9.17, 15) is 9.59 Å². The highest BCUT2D eigenvalue weighted by molar-refractivity contribution is 5.77. The van der Waals surface area contributed by atoms with Crippen molar-refractivity contribution < 1.29 is 29.0 Å². The molecule has 0 aliphatic carbocycles. The van der Waals surface area contributed by atoms with Gasteiger partial charge in [0.2, 0.25) is 5.91 Å². The van der Waals surface area contributed by atoms with Crippen molar-refractivity contribution in [2.45, 2.75) is 86.0 Å². The molecule has 1 fully saturated rings. The number of nitrogens with zero attached hydrogens (tertiary/aromatic N) is 1. The third-order valence-electron chi connectivity index (χ3n) is 5.06. The summed E-state index contributed by atoms with van der Waals surface area (Å²) in [6, 6.07) is 21.1. The molecular weight excluding hydrogens is 496 g/mol. The summed E-state index contributed by atoms with van der Waals surface area (Å²) in [5.41, 5.74) is 6.82. The van der Waals surface area contributed by atoms with E-state index in [1.807, 2.05) is 30.9 Å². The van der Waals surface area contributed by atoms with Gasteiger partial charge in [-0.05, 0) is 51.2 Å². The van der Waals surface area contributed by atoms with Crippen molar-refractivity contribution in [1.82, 2.24) is 4.90 Å². The first kappa shape index (κ1) is 37.8. The lowest BCUT2D eigenvalue weighted by Crippen LogP contribution is -2.35. The Hall–Kier alpha value is -3.39. The Morgan fingerprint density at radius 2 is 1.44 bits per heavy atom. The summed E-state index contributed by atoms with van der Waals surface area (Å²) in [7, 11) is 1.72. The van der Waals surface area contributed by atoms with Crippen LogP contribution in [0.1, 0.15) is 68.2 Å². The van der Waals surface area contributed by atoms with E-state index >= 15 is 0 Å². The number of rotatable bonds is 4. The van der Waals surface area contributed by atoms with Crippen LogP contribution in [-0.4, -0.2) is 59.9 Å². The Morgan fingerprint density at radius 1 is 1.03 bits per heavy atom. The van der Waals surface area contributed by atoms with Crippen LogP contribution in [0.3, 0.4) is 0 Å². The Bertz CT molecular complexity index is 861. The van der Waals surface area contributed by atoms with Crippen LogP contribution in [0.5, 0.6) is 0 Å². The molecule has 39 heavy (non-hydrogen) atoms. The third-order valence-corrected chi connectivity index (χ3v) is 5.06. The molecule has 2 amide bonds. The van der Waals surface area contributed by atoms with Gasteiger partial charge in [0.1, 0.15) is 5.60 Å². The Balaban J connectivity index is 0. The van der Waals surface area contributed by atoms with E-state index in [0.717, 1.165) is 13.0 Å². The molecule has 0 radical (unpaired) electrons. The van der Waals surface area contributed by atoms with Gasteiger partial charge in [0.05, 0.1) is 6.10 Å². The van der Waals surface area contributed by atoms with Crippen molar-refractivity contribution in [2.75, 3.05) is 13.7 Å². The standard InChI is InChI=1S/C12H10.C11H21NO2.C5H11NO2.C2H6.CH2O2/c1-3-7-11(8-4-1)12-9-5-2-6-10-12;1-8(2)5-11(13)12-7-10(14-4)6-9(12)3;1-5(2,3)8-4(6)7;1-2;2-1-3/h1-10H;8-10H,5-7H2,1-4H3;1-3H3,(H2,6,7);1-2H3;1H,(H,2,3)/t;9-,10+;;;/m.1.../s1. The number of carbonyl (C=O) groups is 3. The fraction of sp³-hybridized carbons (Fsp3) is 0.516. The van der Waals surface area contributed by atoms with Crippen LogP contribution in [0, 0.1) is 5.92 Å². The summed E-state index contributed by atoms with van der Waals surface area (Å²) in [5.74, 6) is 0.711. The monoisotopic (exact) mass is 546 g/mol. The first-order chi connectivity index (χ1) is 18.3. The number of benzene rings is 2. The molecule has 2 aromatic rings. The van der Waals surface area contributed by atoms with E-state index in [1.54, 1.807) is 27.9 Å². The van der Waals surface area contributed by atoms with Crippen LogP contribution in [-0.2, 0) is 19.1 Å². The lowest BCUT2D eigenvalue weighted by atomic mass is 10.1. The molecule has 1 saturated heterocycles. The molecule has 1 heterocycles. The SMILES string of the molecule is CC.CC(C)(C)OC(N)=O.CO[C@H]1C[C@@H](C)N(C(=O)CC(C)C)C1.O=CO.c1ccc(-c2ccccc2)cc1. The maximum atomic E-state index is 11.8. The van der Waals surface area contributed by atoms with Crippen molar-refractivity contribution in [3.8, 4) is 11.1 Å². The Kier molecular flexibility index (Phi) is 20.8. The fourth-order valence-electron chi connectivity index (χ4n) is 3.53. The number of hydrogen-bond acceptors (Lipinski definition) is 5. The van der Waals surface area contributed by atoms with Gasteiger partial charge in [0.25, 0.3) is 6.47 Å². The van der Waals surface area contributed by atoms with E-state index in [2.05, 4.69) is 74.0 Å². The molecule has 3 rings (SSSR count). The van der Waals surface area contributed by atoms with Gasteiger partial charge in [-0.3, -0.25) is 9.59 Å². The van der Waals surface area contributed by atoms with E-state index in [4.69, 9.17) is 20.4 Å². The zero-order valence-corrected chi connectivity index (χ0v) is 25.2. The number of ether oxygens (including phenoxy) is 2. The summed E-state index contributed by atoms with van der Waals surface area (Å²) in [4.78, 5) is 32.1. The van der Waals surface area contributed by atoms with Gasteiger partial charge in [-0.25, -0.2) is 4.79 Å². The molecule has 0 spiro atoms. The van der Waals surface area contributed by atoms with Gasteiger partial charge in [0, 0.05) is 26.1 Å². The zero-order chi connectivity index (χ0) is 30.4. The second kappa shape index (κ2) is 21.5. The molecule has 8 heteroatoms. The molecule has 3 N–H and O–H groups in total. The fourth-order valence-corrected chi connectivity index (χ4v) is 3.53. The van der Waals surface area contributed by atoms with E-state index in [1.165, 1.54) is 11.1 Å². The number of carboxylic acid groups (broad SMARTS) is 1. The number of nitrogens with two attached hydrogens (primary N) is 1. The highest BCUT2D eigenvalue weighted by Crippen LogP contribution is 2.21. The maximum Gasteiger partial charge on any atom is 0.405 e. The van der Waals surface area contributed by atoms with Gasteiger partial charge in [-0.1, -0.05) is 88.4 Å². The molecule has 1 aliphatic heterocycles. The van der Waals surface area contributed by atoms with Crippen molar-refractivity contribution in [3.05, 3.63) is 60.7 Å². The summed E-state index contributed by atoms with van der Waals surface area (Å²) < 4.78 is 9.85. The lowest BCUT2D eigenvalue weighted by Gasteiger charge is -2.22. The average Bonchev–Trinajstić information content (AvgIpc) is 3.27. The van der Waals surface area contributed by atoms with Crippen LogP contribution < -0.4 is 5.73 Å². The van der Waals surface area contributed by atoms with Crippen LogP contribution in [0.2, 0.25) is 0 Å². The topological polar surface area (TPSA) is 119 Å². The molecule has 0 unspecified atom stereocenters. The molecule has 2 atom stereocenters. The third kappa shape index (κ3) is 19.4. The predicted molar refractivity (Wildman–Crippen MR) is 158 cm³/mol. The number of hydrogen-bond donors (Lipinski definition) is 2. The zero-order valence-electron chi connectivity index (χ0n) is 25.2. The van der Waals surface area contributed by atoms with Crippen LogP contribution in [0.15, 0.2) is 60.7 Å². The van der Waals surface area contributed by atoms with Crippen molar-refractivity contribution >= 4 is 18.5 Å². The Labute approximate surface area is 235 Å². The van der Waals surface area contributed by atoms with Gasteiger partial charge in [-0.15, -0.1) is 0 Å². The summed E-state index contributed by atoms with van der Waals surface area (Å²) >= 11 is 0. The second-order valence-corrected chi connectivity index (χ2v) is 9.96. The molecular formula is C31H50N2O6. The van der Waals surface area contributed by atoms with Crippen molar-refractivity contribution in [2.24, 2.45) is 11.7 Å². The second-order valence-electron chi connectivity index (χ2n) is 9.96. The minimum absolute atomic E-state index is 0.237. The summed E-state index contributed by atoms with van der Waals surface area (Å²) in [6.07, 6.45) is 1.14. The predicted octanol–water partition coefficient (Wildman–Crippen LogP) is 6.63. The minimum Gasteiger partial charge on any atom is -0.483 e. The minimum atomic E-state index is -0.725. The van der Waals surface area contributed by atoms with Gasteiger partial charge >= 0.3 is 6.09 Å². The first-order valence-corrected chi connectivity index (χ1v) is 13.3. The van der Waals surface area contributed by atoms with Crippen molar-refractivity contribution in [3.63, 3.8) is 0 Å². The first-order valence-electron chi connectivity index (χ1n) is 13.3. The van der Waals surface area contributed by atoms with E-state index in [-0.39, 0.29) is 18.5 Å². The quantitative estimate of drug-likeness (QED) is 0.416. The number of likely N-dealkylation sites (tertiary alicyclic amines) is 1. The number of amides is 2. The molecule has 1 aliphatic rings. The number of primary amides is 1. The molecule has 0 aromatic heterocycles. The lowest BCUT2D eigenvalue weighted by molar-refractivity contribution is -0.132. The van der Waals surface area contributed by atoms with Gasteiger partial charge in [-0.2, -0.15) is 0 Å². The van der Waals surface area contributed by atoms with Crippen LogP contribution in [0.4, 0.5) is 4.79 Å². The summed E-state index contributed by atoms with van der Waals surface area (Å²) in [5, 5.41) is 6.89. The molecule has 220 valence electrons. The number of methoxy groups -OCH3 is 1. The molecule has 0 bridgehead atoms. The van der Waals surface area contributed by atoms with Crippen LogP contribution in [0.25, 0.3) is 11.1 Å². The van der Waals surface area contributed by atoms with Crippen LogP contribution >= 0.6 is 0 Å².